The Balaban J connectivity index is 2.45. The second-order valence-electron chi connectivity index (χ2n) is 2.80. The summed E-state index contributed by atoms with van der Waals surface area (Å²) in [6.07, 6.45) is -3.02. The standard InChI is InChI=1S/C9H6F2O3/c10-9(11)13-5-7-6(4-12)2-1-3-8(7)14-9/h1-4H,5H2. The highest BCUT2D eigenvalue weighted by Crippen LogP contribution is 2.34. The van der Waals surface area contributed by atoms with Crippen molar-refractivity contribution in [3.8, 4) is 5.75 Å². The average molecular weight is 200 g/mol. The Morgan fingerprint density at radius 3 is 2.93 bits per heavy atom. The lowest BCUT2D eigenvalue weighted by molar-refractivity contribution is -0.368. The molecule has 0 unspecified atom stereocenters. The summed E-state index contributed by atoms with van der Waals surface area (Å²) < 4.78 is 33.5. The average Bonchev–Trinajstić information content (AvgIpc) is 2.15. The molecule has 74 valence electrons. The van der Waals surface area contributed by atoms with E-state index in [1.165, 1.54) is 18.2 Å². The number of hydrogen-bond donors (Lipinski definition) is 0. The third kappa shape index (κ3) is 1.46. The molecule has 1 aliphatic rings. The van der Waals surface area contributed by atoms with Gasteiger partial charge in [0.15, 0.2) is 6.29 Å². The largest absolute Gasteiger partial charge is 0.535 e. The van der Waals surface area contributed by atoms with Crippen molar-refractivity contribution >= 4 is 6.29 Å². The number of aldehydes is 1. The first-order chi connectivity index (χ1) is 6.62. The number of carbonyl (C=O) groups excluding carboxylic acids is 1. The first-order valence-electron chi connectivity index (χ1n) is 3.90. The molecule has 1 heterocycles. The lowest BCUT2D eigenvalue weighted by Crippen LogP contribution is -2.32. The third-order valence-corrected chi connectivity index (χ3v) is 1.91. The lowest BCUT2D eigenvalue weighted by Gasteiger charge is -2.25. The molecule has 1 aromatic carbocycles. The van der Waals surface area contributed by atoms with E-state index in [4.69, 9.17) is 0 Å². The first kappa shape index (κ1) is 9.08. The molecular weight excluding hydrogens is 194 g/mol. The van der Waals surface area contributed by atoms with Gasteiger partial charge in [0, 0.05) is 11.1 Å². The van der Waals surface area contributed by atoms with Crippen LogP contribution in [0.15, 0.2) is 18.2 Å². The zero-order chi connectivity index (χ0) is 10.2. The maximum Gasteiger partial charge on any atom is 0.535 e. The van der Waals surface area contributed by atoms with E-state index in [-0.39, 0.29) is 12.4 Å². The summed E-state index contributed by atoms with van der Waals surface area (Å²) in [6, 6.07) is 4.37. The summed E-state index contributed by atoms with van der Waals surface area (Å²) in [5.41, 5.74) is 0.659. The Morgan fingerprint density at radius 2 is 2.21 bits per heavy atom. The minimum absolute atomic E-state index is 0.00847. The van der Waals surface area contributed by atoms with Gasteiger partial charge in [0.05, 0.1) is 6.61 Å². The van der Waals surface area contributed by atoms with Gasteiger partial charge in [-0.1, -0.05) is 12.1 Å². The highest BCUT2D eigenvalue weighted by atomic mass is 19.3. The fraction of sp³-hybridized carbons (Fsp3) is 0.222. The van der Waals surface area contributed by atoms with Crippen molar-refractivity contribution < 1.29 is 23.0 Å². The molecule has 0 saturated heterocycles. The fourth-order valence-electron chi connectivity index (χ4n) is 1.26. The minimum atomic E-state index is -3.60. The molecule has 14 heavy (non-hydrogen) atoms. The molecule has 1 aromatic rings. The topological polar surface area (TPSA) is 35.5 Å². The van der Waals surface area contributed by atoms with Crippen molar-refractivity contribution in [3.63, 3.8) is 0 Å². The van der Waals surface area contributed by atoms with Gasteiger partial charge in [-0.3, -0.25) is 9.53 Å². The van der Waals surface area contributed by atoms with Gasteiger partial charge in [-0.05, 0) is 6.07 Å². The number of hydrogen-bond acceptors (Lipinski definition) is 3. The van der Waals surface area contributed by atoms with Gasteiger partial charge in [-0.25, -0.2) is 0 Å². The molecule has 0 spiro atoms. The Morgan fingerprint density at radius 1 is 1.43 bits per heavy atom. The van der Waals surface area contributed by atoms with Crippen LogP contribution in [-0.2, 0) is 11.3 Å². The summed E-state index contributed by atoms with van der Waals surface area (Å²) in [7, 11) is 0. The van der Waals surface area contributed by atoms with Gasteiger partial charge in [-0.15, -0.1) is 8.78 Å². The van der Waals surface area contributed by atoms with Crippen LogP contribution in [-0.4, -0.2) is 12.6 Å². The molecule has 0 fully saturated rings. The van der Waals surface area contributed by atoms with E-state index in [1.807, 2.05) is 0 Å². The molecule has 0 atom stereocenters. The van der Waals surface area contributed by atoms with E-state index in [0.29, 0.717) is 17.4 Å². The van der Waals surface area contributed by atoms with Crippen LogP contribution >= 0.6 is 0 Å². The first-order valence-corrected chi connectivity index (χ1v) is 3.90. The van der Waals surface area contributed by atoms with Crippen LogP contribution in [0.1, 0.15) is 15.9 Å². The Labute approximate surface area is 78.2 Å². The van der Waals surface area contributed by atoms with E-state index in [1.54, 1.807) is 0 Å². The van der Waals surface area contributed by atoms with Gasteiger partial charge in [0.2, 0.25) is 0 Å². The molecular formula is C9H6F2O3. The van der Waals surface area contributed by atoms with Gasteiger partial charge in [0.25, 0.3) is 0 Å². The summed E-state index contributed by atoms with van der Waals surface area (Å²) in [4.78, 5) is 10.5. The number of carbonyl (C=O) groups is 1. The Hall–Kier alpha value is -1.49. The number of ether oxygens (including phenoxy) is 2. The van der Waals surface area contributed by atoms with Crippen molar-refractivity contribution in [1.29, 1.82) is 0 Å². The van der Waals surface area contributed by atoms with Crippen LogP contribution in [0, 0.1) is 0 Å². The second kappa shape index (κ2) is 3.02. The molecule has 5 heteroatoms. The zero-order valence-corrected chi connectivity index (χ0v) is 7.00. The monoisotopic (exact) mass is 200 g/mol. The summed E-state index contributed by atoms with van der Waals surface area (Å²) in [5.74, 6) is -0.00847. The normalized spacial score (nSPS) is 18.1. The van der Waals surface area contributed by atoms with E-state index < -0.39 is 6.29 Å². The van der Waals surface area contributed by atoms with Crippen LogP contribution in [0.3, 0.4) is 0 Å². The van der Waals surface area contributed by atoms with Gasteiger partial charge in [0.1, 0.15) is 5.75 Å². The highest BCUT2D eigenvalue weighted by molar-refractivity contribution is 5.78. The van der Waals surface area contributed by atoms with Gasteiger partial charge in [-0.2, -0.15) is 0 Å². The number of rotatable bonds is 1. The number of benzene rings is 1. The lowest BCUT2D eigenvalue weighted by atomic mass is 10.1. The molecule has 3 nitrogen and oxygen atoms in total. The molecule has 0 aliphatic carbocycles. The molecule has 2 rings (SSSR count). The van der Waals surface area contributed by atoms with Crippen LogP contribution in [0.2, 0.25) is 0 Å². The molecule has 1 aliphatic heterocycles. The van der Waals surface area contributed by atoms with E-state index >= 15 is 0 Å². The van der Waals surface area contributed by atoms with Crippen molar-refractivity contribution in [3.05, 3.63) is 29.3 Å². The van der Waals surface area contributed by atoms with Crippen LogP contribution in [0.4, 0.5) is 8.78 Å². The van der Waals surface area contributed by atoms with Crippen LogP contribution in [0.5, 0.6) is 5.75 Å². The predicted molar refractivity (Wildman–Crippen MR) is 42.2 cm³/mol. The Bertz CT molecular complexity index is 376. The van der Waals surface area contributed by atoms with E-state index in [9.17, 15) is 13.6 Å². The molecule has 0 amide bonds. The number of halogens is 2. The molecule has 0 aromatic heterocycles. The zero-order valence-electron chi connectivity index (χ0n) is 7.00. The quantitative estimate of drug-likeness (QED) is 0.650. The van der Waals surface area contributed by atoms with Crippen molar-refractivity contribution in [2.75, 3.05) is 0 Å². The molecule has 0 bridgehead atoms. The maximum atomic E-state index is 12.6. The fourth-order valence-corrected chi connectivity index (χ4v) is 1.26. The summed E-state index contributed by atoms with van der Waals surface area (Å²) in [6.45, 7) is -0.322. The van der Waals surface area contributed by atoms with Crippen molar-refractivity contribution in [2.24, 2.45) is 0 Å². The van der Waals surface area contributed by atoms with Crippen molar-refractivity contribution in [2.45, 2.75) is 12.9 Å². The predicted octanol–water partition coefficient (Wildman–Crippen LogP) is 1.96. The molecule has 0 radical (unpaired) electrons. The van der Waals surface area contributed by atoms with E-state index in [0.717, 1.165) is 0 Å². The second-order valence-corrected chi connectivity index (χ2v) is 2.80. The summed E-state index contributed by atoms with van der Waals surface area (Å²) in [5, 5.41) is 0. The minimum Gasteiger partial charge on any atom is -0.409 e. The smallest absolute Gasteiger partial charge is 0.409 e. The molecule has 0 N–H and O–H groups in total. The summed E-state index contributed by atoms with van der Waals surface area (Å²) >= 11 is 0. The van der Waals surface area contributed by atoms with E-state index in [2.05, 4.69) is 9.47 Å². The SMILES string of the molecule is O=Cc1cccc2c1COC(F)(F)O2. The third-order valence-electron chi connectivity index (χ3n) is 1.91. The van der Waals surface area contributed by atoms with Crippen LogP contribution < -0.4 is 4.74 Å². The number of fused-ring (bicyclic) bond motifs is 1. The van der Waals surface area contributed by atoms with Crippen LogP contribution in [0.25, 0.3) is 0 Å². The van der Waals surface area contributed by atoms with Gasteiger partial charge < -0.3 is 4.74 Å². The highest BCUT2D eigenvalue weighted by Gasteiger charge is 2.39. The molecule has 0 saturated carbocycles. The number of alkyl halides is 2. The van der Waals surface area contributed by atoms with Gasteiger partial charge >= 0.3 is 6.29 Å². The Kier molecular flexibility index (Phi) is 1.96. The van der Waals surface area contributed by atoms with Crippen molar-refractivity contribution in [1.82, 2.24) is 0 Å². The maximum absolute atomic E-state index is 12.6.